The summed E-state index contributed by atoms with van der Waals surface area (Å²) in [6.07, 6.45) is 0. The molecule has 2 aromatic heterocycles. The molecular formula is C18H14FN7O. The minimum Gasteiger partial charge on any atom is -0.368 e. The van der Waals surface area contributed by atoms with Crippen LogP contribution >= 0.6 is 0 Å². The van der Waals surface area contributed by atoms with Crippen LogP contribution in [0.4, 0.5) is 22.0 Å². The molecule has 0 aliphatic carbocycles. The lowest BCUT2D eigenvalue weighted by atomic mass is 10.2. The van der Waals surface area contributed by atoms with Crippen molar-refractivity contribution in [2.75, 3.05) is 17.7 Å². The average Bonchev–Trinajstić information content (AvgIpc) is 3.18. The van der Waals surface area contributed by atoms with E-state index in [4.69, 9.17) is 10.3 Å². The van der Waals surface area contributed by atoms with Crippen LogP contribution in [0.1, 0.15) is 0 Å². The Morgan fingerprint density at radius 1 is 0.889 bits per heavy atom. The Hall–Kier alpha value is -3.88. The molecule has 0 saturated carbocycles. The number of hydrogen-bond acceptors (Lipinski definition) is 8. The lowest BCUT2D eigenvalue weighted by Crippen LogP contribution is -2.15. The number of nitrogen functional groups attached to an aromatic ring is 1. The van der Waals surface area contributed by atoms with Crippen molar-refractivity contribution in [3.63, 3.8) is 0 Å². The van der Waals surface area contributed by atoms with Crippen molar-refractivity contribution in [2.24, 2.45) is 0 Å². The van der Waals surface area contributed by atoms with E-state index in [2.05, 4.69) is 25.1 Å². The molecule has 2 heterocycles. The van der Waals surface area contributed by atoms with Gasteiger partial charge in [0.25, 0.3) is 5.89 Å². The van der Waals surface area contributed by atoms with E-state index in [-0.39, 0.29) is 29.1 Å². The second-order valence-corrected chi connectivity index (χ2v) is 5.61. The van der Waals surface area contributed by atoms with Gasteiger partial charge in [-0.05, 0) is 24.3 Å². The zero-order chi connectivity index (χ0) is 18.8. The van der Waals surface area contributed by atoms with E-state index in [1.807, 2.05) is 30.3 Å². The Kier molecular flexibility index (Phi) is 4.17. The Morgan fingerprint density at radius 3 is 2.41 bits per heavy atom. The number of rotatable bonds is 4. The molecule has 0 unspecified atom stereocenters. The van der Waals surface area contributed by atoms with Crippen molar-refractivity contribution in [3.8, 4) is 23.1 Å². The first-order valence-electron chi connectivity index (χ1n) is 8.01. The van der Waals surface area contributed by atoms with Crippen molar-refractivity contribution < 1.29 is 8.91 Å². The summed E-state index contributed by atoms with van der Waals surface area (Å²) in [5.74, 6) is 0.111. The molecule has 9 heteroatoms. The van der Waals surface area contributed by atoms with Crippen LogP contribution in [-0.2, 0) is 0 Å². The average molecular weight is 363 g/mol. The second-order valence-electron chi connectivity index (χ2n) is 5.61. The van der Waals surface area contributed by atoms with Crippen LogP contribution in [0, 0.1) is 5.82 Å². The maximum atomic E-state index is 13.9. The summed E-state index contributed by atoms with van der Waals surface area (Å²) in [7, 11) is 1.80. The number of halogens is 1. The molecule has 4 rings (SSSR count). The molecule has 0 bridgehead atoms. The van der Waals surface area contributed by atoms with Crippen molar-refractivity contribution in [3.05, 3.63) is 60.4 Å². The van der Waals surface area contributed by atoms with Crippen LogP contribution in [0.25, 0.3) is 23.1 Å². The third kappa shape index (κ3) is 3.30. The third-order valence-electron chi connectivity index (χ3n) is 3.81. The molecule has 0 atom stereocenters. The van der Waals surface area contributed by atoms with Crippen LogP contribution < -0.4 is 10.6 Å². The van der Waals surface area contributed by atoms with Crippen LogP contribution in [-0.4, -0.2) is 32.1 Å². The van der Waals surface area contributed by atoms with Gasteiger partial charge in [0, 0.05) is 12.7 Å². The summed E-state index contributed by atoms with van der Waals surface area (Å²) in [4.78, 5) is 18.5. The first-order chi connectivity index (χ1) is 13.1. The summed E-state index contributed by atoms with van der Waals surface area (Å²) in [6, 6.07) is 15.6. The predicted octanol–water partition coefficient (Wildman–Crippen LogP) is 3.08. The second kappa shape index (κ2) is 6.79. The maximum absolute atomic E-state index is 13.9. The largest absolute Gasteiger partial charge is 0.368 e. The molecule has 0 aliphatic heterocycles. The van der Waals surface area contributed by atoms with Gasteiger partial charge in [0.2, 0.25) is 23.5 Å². The van der Waals surface area contributed by atoms with Crippen LogP contribution in [0.5, 0.6) is 0 Å². The van der Waals surface area contributed by atoms with Crippen molar-refractivity contribution >= 4 is 17.6 Å². The Balaban J connectivity index is 1.71. The zero-order valence-electron chi connectivity index (χ0n) is 14.2. The number of nitrogens with zero attached hydrogens (tertiary/aromatic N) is 6. The zero-order valence-corrected chi connectivity index (χ0v) is 14.2. The Morgan fingerprint density at radius 2 is 1.63 bits per heavy atom. The summed E-state index contributed by atoms with van der Waals surface area (Å²) in [5.41, 5.74) is 6.88. The lowest BCUT2D eigenvalue weighted by molar-refractivity contribution is 0.429. The highest BCUT2D eigenvalue weighted by Gasteiger charge is 2.18. The number of anilines is 3. The van der Waals surface area contributed by atoms with Gasteiger partial charge in [-0.1, -0.05) is 35.5 Å². The molecule has 134 valence electrons. The molecule has 8 nitrogen and oxygen atoms in total. The topological polar surface area (TPSA) is 107 Å². The summed E-state index contributed by atoms with van der Waals surface area (Å²) >= 11 is 0. The van der Waals surface area contributed by atoms with Gasteiger partial charge in [-0.25, -0.2) is 4.39 Å². The van der Waals surface area contributed by atoms with Gasteiger partial charge in [-0.2, -0.15) is 19.9 Å². The summed E-state index contributed by atoms with van der Waals surface area (Å²) in [5, 5.41) is 3.84. The SMILES string of the molecule is CN(c1ccccc1)c1nc(N)nc(-c2noc(-c3ccccc3F)n2)n1. The van der Waals surface area contributed by atoms with E-state index in [0.717, 1.165) is 5.69 Å². The molecule has 2 N–H and O–H groups in total. The molecular weight excluding hydrogens is 349 g/mol. The standard InChI is InChI=1S/C18H14FN7O/c1-26(11-7-3-2-4-8-11)18-23-14(22-17(20)24-18)15-21-16(27-25-15)12-9-5-6-10-13(12)19/h2-10H,1H3,(H2,20,22,23,24). The lowest BCUT2D eigenvalue weighted by Gasteiger charge is -2.17. The molecule has 0 aliphatic rings. The van der Waals surface area contributed by atoms with Gasteiger partial charge in [-0.15, -0.1) is 0 Å². The quantitative estimate of drug-likeness (QED) is 0.589. The van der Waals surface area contributed by atoms with Gasteiger partial charge in [0.05, 0.1) is 5.56 Å². The van der Waals surface area contributed by atoms with Gasteiger partial charge in [0.1, 0.15) is 5.82 Å². The van der Waals surface area contributed by atoms with Gasteiger partial charge in [-0.3, -0.25) is 0 Å². The molecule has 2 aromatic carbocycles. The molecule has 0 fully saturated rings. The fraction of sp³-hybridized carbons (Fsp3) is 0.0556. The highest BCUT2D eigenvalue weighted by Crippen LogP contribution is 2.25. The normalized spacial score (nSPS) is 10.7. The van der Waals surface area contributed by atoms with Gasteiger partial charge >= 0.3 is 0 Å². The molecule has 4 aromatic rings. The molecule has 27 heavy (non-hydrogen) atoms. The fourth-order valence-corrected chi connectivity index (χ4v) is 2.46. The Labute approximate surface area is 153 Å². The smallest absolute Gasteiger partial charge is 0.261 e. The molecule has 0 radical (unpaired) electrons. The van der Waals surface area contributed by atoms with Crippen LogP contribution in [0.3, 0.4) is 0 Å². The van der Waals surface area contributed by atoms with E-state index in [1.165, 1.54) is 6.07 Å². The van der Waals surface area contributed by atoms with Crippen LogP contribution in [0.2, 0.25) is 0 Å². The number of benzene rings is 2. The monoisotopic (exact) mass is 363 g/mol. The first kappa shape index (κ1) is 16.6. The number of para-hydroxylation sites is 1. The van der Waals surface area contributed by atoms with Crippen molar-refractivity contribution in [2.45, 2.75) is 0 Å². The van der Waals surface area contributed by atoms with E-state index >= 15 is 0 Å². The number of aromatic nitrogens is 5. The van der Waals surface area contributed by atoms with E-state index in [1.54, 1.807) is 30.1 Å². The number of hydrogen-bond donors (Lipinski definition) is 1. The fourth-order valence-electron chi connectivity index (χ4n) is 2.46. The maximum Gasteiger partial charge on any atom is 0.261 e. The highest BCUT2D eigenvalue weighted by molar-refractivity contribution is 5.60. The molecule has 0 amide bonds. The Bertz CT molecular complexity index is 1080. The van der Waals surface area contributed by atoms with Gasteiger partial charge < -0.3 is 15.2 Å². The van der Waals surface area contributed by atoms with Crippen LogP contribution in [0.15, 0.2) is 59.1 Å². The molecule has 0 saturated heterocycles. The summed E-state index contributed by atoms with van der Waals surface area (Å²) < 4.78 is 19.1. The van der Waals surface area contributed by atoms with E-state index < -0.39 is 5.82 Å². The number of nitrogens with two attached hydrogens (primary N) is 1. The summed E-state index contributed by atoms with van der Waals surface area (Å²) in [6.45, 7) is 0. The van der Waals surface area contributed by atoms with Crippen molar-refractivity contribution in [1.29, 1.82) is 0 Å². The predicted molar refractivity (Wildman–Crippen MR) is 97.4 cm³/mol. The molecule has 0 spiro atoms. The van der Waals surface area contributed by atoms with Crippen molar-refractivity contribution in [1.82, 2.24) is 25.1 Å². The van der Waals surface area contributed by atoms with E-state index in [9.17, 15) is 4.39 Å². The minimum atomic E-state index is -0.465. The minimum absolute atomic E-state index is 0.00928. The van der Waals surface area contributed by atoms with Gasteiger partial charge in [0.15, 0.2) is 0 Å². The third-order valence-corrected chi connectivity index (χ3v) is 3.81. The highest BCUT2D eigenvalue weighted by atomic mass is 19.1. The first-order valence-corrected chi connectivity index (χ1v) is 8.01. The van der Waals surface area contributed by atoms with E-state index in [0.29, 0.717) is 5.95 Å².